The Kier molecular flexibility index (Phi) is 4.09. The molecule has 1 unspecified atom stereocenters. The highest BCUT2D eigenvalue weighted by Crippen LogP contribution is 2.30. The first kappa shape index (κ1) is 13.5. The van der Waals surface area contributed by atoms with Crippen molar-refractivity contribution in [3.63, 3.8) is 0 Å². The fourth-order valence-electron chi connectivity index (χ4n) is 1.39. The molecule has 0 aliphatic carbocycles. The fraction of sp³-hybridized carbons (Fsp3) is 0.364. The summed E-state index contributed by atoms with van der Waals surface area (Å²) < 4.78 is 49.4. The van der Waals surface area contributed by atoms with Gasteiger partial charge in [0, 0.05) is 0 Å². The van der Waals surface area contributed by atoms with Crippen LogP contribution in [0, 0.1) is 11.7 Å². The van der Waals surface area contributed by atoms with E-state index in [1.54, 1.807) is 0 Å². The Hall–Kier alpha value is -1.59. The summed E-state index contributed by atoms with van der Waals surface area (Å²) in [5, 5.41) is 8.45. The number of benzene rings is 1. The van der Waals surface area contributed by atoms with Gasteiger partial charge in [0.25, 0.3) is 0 Å². The third-order valence-electron chi connectivity index (χ3n) is 2.33. The lowest BCUT2D eigenvalue weighted by atomic mass is 9.99. The van der Waals surface area contributed by atoms with Gasteiger partial charge in [-0.25, -0.2) is 4.39 Å². The van der Waals surface area contributed by atoms with Crippen molar-refractivity contribution in [2.75, 3.05) is 0 Å². The Morgan fingerprint density at radius 3 is 2.18 bits per heavy atom. The molecule has 0 radical (unpaired) electrons. The van der Waals surface area contributed by atoms with Gasteiger partial charge in [0.2, 0.25) is 0 Å². The summed E-state index contributed by atoms with van der Waals surface area (Å²) in [6.07, 6.45) is -5.37. The predicted molar refractivity (Wildman–Crippen MR) is 51.9 cm³/mol. The van der Waals surface area contributed by atoms with Gasteiger partial charge >= 0.3 is 12.1 Å². The molecule has 0 saturated heterocycles. The molecule has 2 nitrogen and oxygen atoms in total. The van der Waals surface area contributed by atoms with Crippen LogP contribution in [0.1, 0.15) is 12.0 Å². The Balaban J connectivity index is 2.65. The van der Waals surface area contributed by atoms with Gasteiger partial charge in [0.1, 0.15) is 5.82 Å². The summed E-state index contributed by atoms with van der Waals surface area (Å²) >= 11 is 0. The fourth-order valence-corrected chi connectivity index (χ4v) is 1.39. The number of rotatable bonds is 4. The summed E-state index contributed by atoms with van der Waals surface area (Å²) in [7, 11) is 0. The van der Waals surface area contributed by atoms with Crippen LogP contribution < -0.4 is 0 Å². The normalized spacial score (nSPS) is 13.4. The second kappa shape index (κ2) is 5.16. The lowest BCUT2D eigenvalue weighted by Crippen LogP contribution is -2.30. The lowest BCUT2D eigenvalue weighted by molar-refractivity contribution is -0.194. The highest BCUT2D eigenvalue weighted by atomic mass is 19.4. The molecule has 17 heavy (non-hydrogen) atoms. The summed E-state index contributed by atoms with van der Waals surface area (Å²) in [6.45, 7) is 0. The molecule has 6 heteroatoms. The summed E-state index contributed by atoms with van der Waals surface area (Å²) in [4.78, 5) is 10.4. The van der Waals surface area contributed by atoms with Crippen molar-refractivity contribution in [3.05, 3.63) is 35.6 Å². The molecular weight excluding hydrogens is 240 g/mol. The molecule has 1 aromatic carbocycles. The molecule has 1 atom stereocenters. The van der Waals surface area contributed by atoms with Crippen molar-refractivity contribution >= 4 is 5.97 Å². The first-order chi connectivity index (χ1) is 7.80. The highest BCUT2D eigenvalue weighted by molar-refractivity contribution is 5.70. The molecule has 0 aliphatic heterocycles. The van der Waals surface area contributed by atoms with Gasteiger partial charge in [0.05, 0.1) is 0 Å². The van der Waals surface area contributed by atoms with Crippen molar-refractivity contribution in [3.8, 4) is 0 Å². The molecule has 0 amide bonds. The highest BCUT2D eigenvalue weighted by Gasteiger charge is 2.44. The van der Waals surface area contributed by atoms with Crippen LogP contribution in [0.3, 0.4) is 0 Å². The molecule has 0 heterocycles. The number of carboxylic acids is 1. The van der Waals surface area contributed by atoms with Gasteiger partial charge in [-0.05, 0) is 30.5 Å². The minimum Gasteiger partial charge on any atom is -0.481 e. The van der Waals surface area contributed by atoms with E-state index in [1.165, 1.54) is 12.1 Å². The number of halogens is 4. The van der Waals surface area contributed by atoms with E-state index >= 15 is 0 Å². The van der Waals surface area contributed by atoms with Crippen LogP contribution in [0.5, 0.6) is 0 Å². The zero-order valence-electron chi connectivity index (χ0n) is 8.67. The van der Waals surface area contributed by atoms with Crippen molar-refractivity contribution in [2.24, 2.45) is 5.92 Å². The average Bonchev–Trinajstić information content (AvgIpc) is 2.18. The predicted octanol–water partition coefficient (Wildman–Crippen LogP) is 3.02. The Bertz CT molecular complexity index is 383. The number of carboxylic acid groups (broad SMARTS) is 1. The summed E-state index contributed by atoms with van der Waals surface area (Å²) in [5.74, 6) is -4.76. The zero-order valence-corrected chi connectivity index (χ0v) is 8.67. The van der Waals surface area contributed by atoms with Crippen molar-refractivity contribution in [1.82, 2.24) is 0 Å². The maximum atomic E-state index is 12.5. The number of aryl methyl sites for hydroxylation is 1. The molecule has 0 aliphatic rings. The lowest BCUT2D eigenvalue weighted by Gasteiger charge is -2.15. The van der Waals surface area contributed by atoms with Gasteiger partial charge in [-0.2, -0.15) is 13.2 Å². The van der Waals surface area contributed by atoms with Gasteiger partial charge in [-0.3, -0.25) is 4.79 Å². The van der Waals surface area contributed by atoms with Gasteiger partial charge < -0.3 is 5.11 Å². The Labute approximate surface area is 94.9 Å². The van der Waals surface area contributed by atoms with E-state index in [9.17, 15) is 22.4 Å². The summed E-state index contributed by atoms with van der Waals surface area (Å²) in [6, 6.07) is 4.92. The van der Waals surface area contributed by atoms with E-state index in [1.807, 2.05) is 0 Å². The first-order valence-corrected chi connectivity index (χ1v) is 4.84. The van der Waals surface area contributed by atoms with Gasteiger partial charge in [0.15, 0.2) is 5.92 Å². The van der Waals surface area contributed by atoms with Crippen molar-refractivity contribution < 1.29 is 27.5 Å². The molecule has 1 N–H and O–H groups in total. The monoisotopic (exact) mass is 250 g/mol. The quantitative estimate of drug-likeness (QED) is 0.834. The third kappa shape index (κ3) is 4.05. The largest absolute Gasteiger partial charge is 0.481 e. The number of hydrogen-bond acceptors (Lipinski definition) is 1. The molecule has 0 spiro atoms. The number of alkyl halides is 3. The van der Waals surface area contributed by atoms with E-state index in [0.29, 0.717) is 5.56 Å². The second-order valence-electron chi connectivity index (χ2n) is 3.60. The van der Waals surface area contributed by atoms with Crippen LogP contribution >= 0.6 is 0 Å². The van der Waals surface area contributed by atoms with E-state index in [0.717, 1.165) is 12.1 Å². The van der Waals surface area contributed by atoms with E-state index in [2.05, 4.69) is 0 Å². The smallest absolute Gasteiger partial charge is 0.402 e. The maximum absolute atomic E-state index is 12.5. The Morgan fingerprint density at radius 1 is 1.24 bits per heavy atom. The van der Waals surface area contributed by atoms with Crippen LogP contribution in [-0.4, -0.2) is 17.3 Å². The van der Waals surface area contributed by atoms with Gasteiger partial charge in [-0.1, -0.05) is 12.1 Å². The molecule has 0 bridgehead atoms. The third-order valence-corrected chi connectivity index (χ3v) is 2.33. The van der Waals surface area contributed by atoms with Gasteiger partial charge in [-0.15, -0.1) is 0 Å². The molecule has 1 aromatic rings. The SMILES string of the molecule is O=C(O)C(CCc1ccc(F)cc1)C(F)(F)F. The van der Waals surface area contributed by atoms with Crippen LogP contribution in [0.4, 0.5) is 17.6 Å². The zero-order chi connectivity index (χ0) is 13.1. The Morgan fingerprint density at radius 2 is 1.76 bits per heavy atom. The van der Waals surface area contributed by atoms with Crippen LogP contribution in [-0.2, 0) is 11.2 Å². The van der Waals surface area contributed by atoms with Crippen LogP contribution in [0.2, 0.25) is 0 Å². The number of aliphatic carboxylic acids is 1. The van der Waals surface area contributed by atoms with Crippen molar-refractivity contribution in [1.29, 1.82) is 0 Å². The minimum absolute atomic E-state index is 0.0588. The molecule has 0 saturated carbocycles. The molecule has 1 rings (SSSR count). The van der Waals surface area contributed by atoms with Crippen LogP contribution in [0.15, 0.2) is 24.3 Å². The van der Waals surface area contributed by atoms with Crippen LogP contribution in [0.25, 0.3) is 0 Å². The standard InChI is InChI=1S/C11H10F4O2/c12-8-4-1-7(2-5-8)3-6-9(10(16)17)11(13,14)15/h1-2,4-5,9H,3,6H2,(H,16,17). The molecular formula is C11H10F4O2. The minimum atomic E-state index is -4.76. The first-order valence-electron chi connectivity index (χ1n) is 4.84. The van der Waals surface area contributed by atoms with E-state index < -0.39 is 30.3 Å². The molecule has 94 valence electrons. The summed E-state index contributed by atoms with van der Waals surface area (Å²) in [5.41, 5.74) is 0.474. The van der Waals surface area contributed by atoms with E-state index in [-0.39, 0.29) is 6.42 Å². The maximum Gasteiger partial charge on any atom is 0.402 e. The molecule has 0 aromatic heterocycles. The topological polar surface area (TPSA) is 37.3 Å². The second-order valence-corrected chi connectivity index (χ2v) is 3.60. The average molecular weight is 250 g/mol. The van der Waals surface area contributed by atoms with Crippen molar-refractivity contribution in [2.45, 2.75) is 19.0 Å². The van der Waals surface area contributed by atoms with E-state index in [4.69, 9.17) is 5.11 Å². The number of carbonyl (C=O) groups is 1. The number of hydrogen-bond donors (Lipinski definition) is 1. The molecule has 0 fully saturated rings.